The van der Waals surface area contributed by atoms with Crippen LogP contribution < -0.4 is 20.3 Å². The quantitative estimate of drug-likeness (QED) is 0.372. The number of ether oxygens (including phenoxy) is 2. The van der Waals surface area contributed by atoms with Gasteiger partial charge >= 0.3 is 0 Å². The Morgan fingerprint density at radius 2 is 1.75 bits per heavy atom. The summed E-state index contributed by atoms with van der Waals surface area (Å²) in [5.41, 5.74) is 6.66. The molecule has 0 radical (unpaired) electrons. The summed E-state index contributed by atoms with van der Waals surface area (Å²) in [5, 5.41) is 3.00. The highest BCUT2D eigenvalue weighted by molar-refractivity contribution is 5.91. The fraction of sp³-hybridized carbons (Fsp3) is 0.241. The van der Waals surface area contributed by atoms with E-state index in [1.807, 2.05) is 82.3 Å². The van der Waals surface area contributed by atoms with Gasteiger partial charge in [-0.25, -0.2) is 9.36 Å². The lowest BCUT2D eigenvalue weighted by Crippen LogP contribution is -2.28. The van der Waals surface area contributed by atoms with Crippen molar-refractivity contribution in [3.63, 3.8) is 0 Å². The largest absolute Gasteiger partial charge is 0.493 e. The molecule has 4 aromatic rings. The number of hydrogen-bond donors (Lipinski definition) is 1. The first-order valence-corrected chi connectivity index (χ1v) is 11.9. The Kier molecular flexibility index (Phi) is 5.92. The van der Waals surface area contributed by atoms with Gasteiger partial charge < -0.3 is 14.8 Å². The monoisotopic (exact) mass is 483 g/mol. The van der Waals surface area contributed by atoms with Crippen molar-refractivity contribution in [2.24, 2.45) is 0 Å². The van der Waals surface area contributed by atoms with E-state index in [1.165, 1.54) is 0 Å². The number of fused-ring (bicyclic) bond motifs is 2. The molecule has 0 fully saturated rings. The first-order chi connectivity index (χ1) is 17.3. The Morgan fingerprint density at radius 1 is 1.00 bits per heavy atom. The topological polar surface area (TPSA) is 74.5 Å². The van der Waals surface area contributed by atoms with Gasteiger partial charge in [0.15, 0.2) is 11.5 Å². The summed E-state index contributed by atoms with van der Waals surface area (Å²) < 4.78 is 15.0. The van der Waals surface area contributed by atoms with Gasteiger partial charge in [-0.2, -0.15) is 0 Å². The van der Waals surface area contributed by atoms with Crippen molar-refractivity contribution in [3.8, 4) is 23.1 Å². The van der Waals surface area contributed by atoms with E-state index < -0.39 is 0 Å². The second kappa shape index (κ2) is 9.07. The second-order valence-electron chi connectivity index (χ2n) is 9.34. The molecule has 0 saturated heterocycles. The lowest BCUT2D eigenvalue weighted by molar-refractivity contribution is -0.117. The van der Waals surface area contributed by atoms with Gasteiger partial charge in [-0.1, -0.05) is 42.0 Å². The predicted octanol–water partition coefficient (Wildman–Crippen LogP) is 5.22. The molecule has 1 N–H and O–H groups in total. The van der Waals surface area contributed by atoms with E-state index >= 15 is 0 Å². The average molecular weight is 484 g/mol. The maximum absolute atomic E-state index is 13.8. The first-order valence-electron chi connectivity index (χ1n) is 11.9. The summed E-state index contributed by atoms with van der Waals surface area (Å²) in [6, 6.07) is 17.4. The number of nitrogens with zero attached hydrogens (tertiary/aromatic N) is 2. The summed E-state index contributed by atoms with van der Waals surface area (Å²) in [7, 11) is 1.58. The summed E-state index contributed by atoms with van der Waals surface area (Å²) in [6.07, 6.45) is 0.386. The standard InChI is InChI=1S/C29H29N3O4/c1-17-10-12-24(20(4)13-17)32-28(34)22-15-21-7-6-8-25(35-5)27(21)36-29(22)31(32)16-26(33)30-23-14-18(2)9-11-19(23)3/h6-14H,15-16H2,1-5H3,(H,30,33). The summed E-state index contributed by atoms with van der Waals surface area (Å²) in [5.74, 6) is 1.24. The maximum atomic E-state index is 13.8. The van der Waals surface area contributed by atoms with Crippen LogP contribution in [0.1, 0.15) is 33.4 Å². The zero-order chi connectivity index (χ0) is 25.6. The molecule has 5 rings (SSSR count). The SMILES string of the molecule is COc1cccc2c1Oc1c(c(=O)n(-c3ccc(C)cc3C)n1CC(=O)Nc1cc(C)ccc1C)C2. The van der Waals surface area contributed by atoms with Gasteiger partial charge in [-0.15, -0.1) is 0 Å². The number of methoxy groups -OCH3 is 1. The normalized spacial score (nSPS) is 11.9. The highest BCUT2D eigenvalue weighted by atomic mass is 16.5. The molecule has 2 heterocycles. The average Bonchev–Trinajstić information content (AvgIpc) is 3.10. The number of nitrogens with one attached hydrogen (secondary N) is 1. The third-order valence-corrected chi connectivity index (χ3v) is 6.57. The van der Waals surface area contributed by atoms with Crippen LogP contribution in [0.5, 0.6) is 17.4 Å². The van der Waals surface area contributed by atoms with Crippen molar-refractivity contribution >= 4 is 11.6 Å². The lowest BCUT2D eigenvalue weighted by Gasteiger charge is -2.21. The van der Waals surface area contributed by atoms with Gasteiger partial charge in [0, 0.05) is 17.7 Å². The Bertz CT molecular complexity index is 1560. The summed E-state index contributed by atoms with van der Waals surface area (Å²) >= 11 is 0. The number of hydrogen-bond acceptors (Lipinski definition) is 4. The van der Waals surface area contributed by atoms with Gasteiger partial charge in [0.1, 0.15) is 6.54 Å². The van der Waals surface area contributed by atoms with E-state index in [0.717, 1.165) is 33.5 Å². The number of carbonyl (C=O) groups excluding carboxylic acids is 1. The number of aryl methyl sites for hydroxylation is 4. The van der Waals surface area contributed by atoms with Crippen molar-refractivity contribution in [1.82, 2.24) is 9.36 Å². The van der Waals surface area contributed by atoms with Crippen LogP contribution in [0.2, 0.25) is 0 Å². The van der Waals surface area contributed by atoms with E-state index in [2.05, 4.69) is 5.32 Å². The van der Waals surface area contributed by atoms with Crippen LogP contribution in [0.3, 0.4) is 0 Å². The number of benzene rings is 3. The minimum Gasteiger partial charge on any atom is -0.493 e. The molecule has 1 aromatic heterocycles. The molecule has 1 amide bonds. The van der Waals surface area contributed by atoms with Crippen molar-refractivity contribution in [2.75, 3.05) is 12.4 Å². The van der Waals surface area contributed by atoms with Crippen molar-refractivity contribution < 1.29 is 14.3 Å². The maximum Gasteiger partial charge on any atom is 0.278 e. The molecule has 7 nitrogen and oxygen atoms in total. The van der Waals surface area contributed by atoms with Gasteiger partial charge in [0.25, 0.3) is 5.56 Å². The van der Waals surface area contributed by atoms with E-state index in [4.69, 9.17) is 9.47 Å². The third kappa shape index (κ3) is 4.06. The molecule has 184 valence electrons. The Balaban J connectivity index is 1.63. The van der Waals surface area contributed by atoms with E-state index in [9.17, 15) is 9.59 Å². The van der Waals surface area contributed by atoms with Gasteiger partial charge in [-0.3, -0.25) is 9.59 Å². The van der Waals surface area contributed by atoms with Crippen LogP contribution >= 0.6 is 0 Å². The van der Waals surface area contributed by atoms with Crippen LogP contribution in [0.15, 0.2) is 59.4 Å². The molecular weight excluding hydrogens is 454 g/mol. The predicted molar refractivity (Wildman–Crippen MR) is 140 cm³/mol. The molecule has 7 heteroatoms. The van der Waals surface area contributed by atoms with Crippen molar-refractivity contribution in [2.45, 2.75) is 40.7 Å². The Labute approximate surface area is 209 Å². The molecular formula is C29H29N3O4. The Morgan fingerprint density at radius 3 is 2.50 bits per heavy atom. The number of anilines is 1. The number of rotatable bonds is 5. The number of para-hydroxylation sites is 1. The molecule has 3 aromatic carbocycles. The van der Waals surface area contributed by atoms with E-state index in [-0.39, 0.29) is 18.0 Å². The fourth-order valence-corrected chi connectivity index (χ4v) is 4.73. The smallest absolute Gasteiger partial charge is 0.278 e. The van der Waals surface area contributed by atoms with Crippen LogP contribution in [-0.2, 0) is 17.8 Å². The second-order valence-corrected chi connectivity index (χ2v) is 9.34. The summed E-state index contributed by atoms with van der Waals surface area (Å²) in [6.45, 7) is 7.79. The molecule has 1 aliphatic heterocycles. The minimum absolute atomic E-state index is 0.101. The van der Waals surface area contributed by atoms with E-state index in [1.54, 1.807) is 16.5 Å². The zero-order valence-electron chi connectivity index (χ0n) is 21.1. The Hall–Kier alpha value is -4.26. The molecule has 0 atom stereocenters. The van der Waals surface area contributed by atoms with Crippen LogP contribution in [-0.4, -0.2) is 22.4 Å². The fourth-order valence-electron chi connectivity index (χ4n) is 4.73. The molecule has 0 unspecified atom stereocenters. The highest BCUT2D eigenvalue weighted by Crippen LogP contribution is 2.42. The first kappa shape index (κ1) is 23.5. The third-order valence-electron chi connectivity index (χ3n) is 6.57. The minimum atomic E-state index is -0.255. The number of carbonyl (C=O) groups is 1. The zero-order valence-corrected chi connectivity index (χ0v) is 21.1. The van der Waals surface area contributed by atoms with Gasteiger partial charge in [0.2, 0.25) is 11.8 Å². The molecule has 0 spiro atoms. The van der Waals surface area contributed by atoms with Gasteiger partial charge in [-0.05, 0) is 62.6 Å². The van der Waals surface area contributed by atoms with Crippen LogP contribution in [0.25, 0.3) is 5.69 Å². The van der Waals surface area contributed by atoms with Crippen LogP contribution in [0.4, 0.5) is 5.69 Å². The molecule has 1 aliphatic rings. The van der Waals surface area contributed by atoms with Crippen molar-refractivity contribution in [1.29, 1.82) is 0 Å². The van der Waals surface area contributed by atoms with Crippen LogP contribution in [0, 0.1) is 27.7 Å². The van der Waals surface area contributed by atoms with E-state index in [0.29, 0.717) is 35.1 Å². The molecule has 0 saturated carbocycles. The molecule has 36 heavy (non-hydrogen) atoms. The van der Waals surface area contributed by atoms with Gasteiger partial charge in [0.05, 0.1) is 18.4 Å². The summed E-state index contributed by atoms with van der Waals surface area (Å²) in [4.78, 5) is 27.1. The van der Waals surface area contributed by atoms with Crippen molar-refractivity contribution in [3.05, 3.63) is 98.3 Å². The molecule has 0 bridgehead atoms. The highest BCUT2D eigenvalue weighted by Gasteiger charge is 2.31. The molecule has 0 aliphatic carbocycles. The number of aromatic nitrogens is 2. The lowest BCUT2D eigenvalue weighted by atomic mass is 10.0. The number of amides is 1.